The predicted molar refractivity (Wildman–Crippen MR) is 112 cm³/mol. The second kappa shape index (κ2) is 8.72. The highest BCUT2D eigenvalue weighted by atomic mass is 19.1. The van der Waals surface area contributed by atoms with Gasteiger partial charge in [-0.05, 0) is 31.2 Å². The molecule has 150 valence electrons. The molecular formula is C21H23FN6O. The molecule has 1 N–H and O–H groups in total. The van der Waals surface area contributed by atoms with Gasteiger partial charge in [0, 0.05) is 26.2 Å². The van der Waals surface area contributed by atoms with E-state index >= 15 is 0 Å². The Bertz CT molecular complexity index is 961. The van der Waals surface area contributed by atoms with Gasteiger partial charge in [0.25, 0.3) is 0 Å². The van der Waals surface area contributed by atoms with E-state index in [2.05, 4.69) is 30.3 Å². The van der Waals surface area contributed by atoms with Crippen LogP contribution in [-0.4, -0.2) is 48.0 Å². The monoisotopic (exact) mass is 394 g/mol. The first-order valence-electron chi connectivity index (χ1n) is 9.67. The first kappa shape index (κ1) is 18.9. The topological polar surface area (TPSA) is 66.4 Å². The lowest BCUT2D eigenvalue weighted by molar-refractivity contribution is 0.342. The van der Waals surface area contributed by atoms with Crippen molar-refractivity contribution in [1.29, 1.82) is 0 Å². The van der Waals surface area contributed by atoms with Crippen LogP contribution in [0, 0.1) is 5.82 Å². The van der Waals surface area contributed by atoms with Crippen LogP contribution in [0.4, 0.5) is 27.5 Å². The average Bonchev–Trinajstić information content (AvgIpc) is 2.76. The van der Waals surface area contributed by atoms with Crippen LogP contribution in [0.5, 0.6) is 5.75 Å². The SMILES string of the molecule is CCOc1ccccc1Nc1nncc(N2CCN(c3ccccc3F)CC2)n1. The molecule has 1 aliphatic rings. The Labute approximate surface area is 169 Å². The van der Waals surface area contributed by atoms with E-state index in [1.54, 1.807) is 12.3 Å². The maximum absolute atomic E-state index is 14.0. The molecule has 7 nitrogen and oxygen atoms in total. The molecule has 0 bridgehead atoms. The van der Waals surface area contributed by atoms with Crippen molar-refractivity contribution >= 4 is 23.1 Å². The summed E-state index contributed by atoms with van der Waals surface area (Å²) in [5.74, 6) is 1.70. The highest BCUT2D eigenvalue weighted by molar-refractivity contribution is 5.62. The van der Waals surface area contributed by atoms with E-state index in [0.29, 0.717) is 31.3 Å². The molecule has 2 heterocycles. The van der Waals surface area contributed by atoms with Crippen LogP contribution in [0.3, 0.4) is 0 Å². The van der Waals surface area contributed by atoms with Gasteiger partial charge in [-0.2, -0.15) is 10.1 Å². The molecule has 3 aromatic rings. The highest BCUT2D eigenvalue weighted by Gasteiger charge is 2.21. The number of hydrogen-bond acceptors (Lipinski definition) is 7. The van der Waals surface area contributed by atoms with Gasteiger partial charge in [0.1, 0.15) is 11.6 Å². The van der Waals surface area contributed by atoms with Gasteiger partial charge >= 0.3 is 0 Å². The number of benzene rings is 2. The molecule has 0 atom stereocenters. The number of piperazine rings is 1. The van der Waals surface area contributed by atoms with Gasteiger partial charge in [-0.1, -0.05) is 24.3 Å². The fourth-order valence-electron chi connectivity index (χ4n) is 3.36. The van der Waals surface area contributed by atoms with E-state index < -0.39 is 0 Å². The van der Waals surface area contributed by atoms with E-state index in [0.717, 1.165) is 30.3 Å². The van der Waals surface area contributed by atoms with Crippen LogP contribution in [0.2, 0.25) is 0 Å². The second-order valence-corrected chi connectivity index (χ2v) is 6.62. The van der Waals surface area contributed by atoms with Crippen molar-refractivity contribution in [2.45, 2.75) is 6.92 Å². The van der Waals surface area contributed by atoms with Gasteiger partial charge in [-0.25, -0.2) is 4.39 Å². The van der Waals surface area contributed by atoms with Gasteiger partial charge in [0.05, 0.1) is 24.2 Å². The molecule has 2 aromatic carbocycles. The zero-order valence-corrected chi connectivity index (χ0v) is 16.3. The highest BCUT2D eigenvalue weighted by Crippen LogP contribution is 2.27. The quantitative estimate of drug-likeness (QED) is 0.687. The molecule has 0 spiro atoms. The molecule has 1 aliphatic heterocycles. The summed E-state index contributed by atoms with van der Waals surface area (Å²) in [6.07, 6.45) is 1.65. The maximum atomic E-state index is 14.0. The molecule has 8 heteroatoms. The van der Waals surface area contributed by atoms with E-state index in [9.17, 15) is 4.39 Å². The molecule has 4 rings (SSSR count). The van der Waals surface area contributed by atoms with Gasteiger partial charge < -0.3 is 19.9 Å². The van der Waals surface area contributed by atoms with E-state index in [1.807, 2.05) is 43.3 Å². The zero-order chi connectivity index (χ0) is 20.1. The first-order chi connectivity index (χ1) is 14.2. The van der Waals surface area contributed by atoms with Crippen LogP contribution in [0.15, 0.2) is 54.7 Å². The van der Waals surface area contributed by atoms with E-state index in [4.69, 9.17) is 4.74 Å². The molecule has 0 radical (unpaired) electrons. The number of halogens is 1. The number of aromatic nitrogens is 3. The van der Waals surface area contributed by atoms with E-state index in [1.165, 1.54) is 6.07 Å². The molecule has 1 saturated heterocycles. The fraction of sp³-hybridized carbons (Fsp3) is 0.286. The fourth-order valence-corrected chi connectivity index (χ4v) is 3.36. The summed E-state index contributed by atoms with van der Waals surface area (Å²) in [5, 5.41) is 11.4. The number of rotatable bonds is 6. The van der Waals surface area contributed by atoms with Crippen LogP contribution in [0.25, 0.3) is 0 Å². The number of ether oxygens (including phenoxy) is 1. The number of para-hydroxylation sites is 3. The molecule has 0 saturated carbocycles. The molecule has 0 aliphatic carbocycles. The standard InChI is InChI=1S/C21H23FN6O/c1-2-29-19-10-6-4-8-17(19)24-21-25-20(15-23-26-21)28-13-11-27(12-14-28)18-9-5-3-7-16(18)22/h3-10,15H,2,11-14H2,1H3,(H,24,25,26). The normalized spacial score (nSPS) is 14.0. The largest absolute Gasteiger partial charge is 0.492 e. The van der Waals surface area contributed by atoms with Crippen molar-refractivity contribution < 1.29 is 9.13 Å². The van der Waals surface area contributed by atoms with Crippen molar-refractivity contribution in [2.24, 2.45) is 0 Å². The Morgan fingerprint density at radius 1 is 1.00 bits per heavy atom. The lowest BCUT2D eigenvalue weighted by Gasteiger charge is -2.36. The lowest BCUT2D eigenvalue weighted by atomic mass is 10.2. The second-order valence-electron chi connectivity index (χ2n) is 6.62. The number of nitrogens with zero attached hydrogens (tertiary/aromatic N) is 5. The third-order valence-electron chi connectivity index (χ3n) is 4.78. The Kier molecular flexibility index (Phi) is 5.69. The minimum absolute atomic E-state index is 0.191. The molecule has 0 amide bonds. The summed E-state index contributed by atoms with van der Waals surface area (Å²) in [7, 11) is 0. The van der Waals surface area contributed by atoms with Gasteiger partial charge in [-0.3, -0.25) is 0 Å². The van der Waals surface area contributed by atoms with Crippen LogP contribution >= 0.6 is 0 Å². The Balaban J connectivity index is 1.44. The average molecular weight is 394 g/mol. The molecule has 1 fully saturated rings. The van der Waals surface area contributed by atoms with Gasteiger partial charge in [0.2, 0.25) is 5.95 Å². The summed E-state index contributed by atoms with van der Waals surface area (Å²) in [5.41, 5.74) is 1.43. The van der Waals surface area contributed by atoms with Crippen LogP contribution < -0.4 is 19.9 Å². The summed E-state index contributed by atoms with van der Waals surface area (Å²) in [6, 6.07) is 14.5. The molecule has 1 aromatic heterocycles. The minimum atomic E-state index is -0.191. The van der Waals surface area contributed by atoms with E-state index in [-0.39, 0.29) is 5.82 Å². The zero-order valence-electron chi connectivity index (χ0n) is 16.3. The molecule has 29 heavy (non-hydrogen) atoms. The number of anilines is 4. The number of hydrogen-bond donors (Lipinski definition) is 1. The maximum Gasteiger partial charge on any atom is 0.249 e. The number of nitrogens with one attached hydrogen (secondary N) is 1. The van der Waals surface area contributed by atoms with Gasteiger partial charge in [-0.15, -0.1) is 5.10 Å². The Morgan fingerprint density at radius 2 is 1.72 bits per heavy atom. The third-order valence-corrected chi connectivity index (χ3v) is 4.78. The van der Waals surface area contributed by atoms with Crippen molar-refractivity contribution in [3.63, 3.8) is 0 Å². The van der Waals surface area contributed by atoms with Crippen molar-refractivity contribution in [2.75, 3.05) is 47.9 Å². The Morgan fingerprint density at radius 3 is 2.52 bits per heavy atom. The van der Waals surface area contributed by atoms with Crippen molar-refractivity contribution in [1.82, 2.24) is 15.2 Å². The summed E-state index contributed by atoms with van der Waals surface area (Å²) in [4.78, 5) is 8.79. The Hall–Kier alpha value is -3.42. The minimum Gasteiger partial charge on any atom is -0.492 e. The predicted octanol–water partition coefficient (Wildman–Crippen LogP) is 3.48. The van der Waals surface area contributed by atoms with Crippen molar-refractivity contribution in [3.8, 4) is 5.75 Å². The first-order valence-corrected chi connectivity index (χ1v) is 9.67. The van der Waals surface area contributed by atoms with Crippen molar-refractivity contribution in [3.05, 3.63) is 60.5 Å². The third kappa shape index (κ3) is 4.37. The smallest absolute Gasteiger partial charge is 0.249 e. The molecule has 0 unspecified atom stereocenters. The summed E-state index contributed by atoms with van der Waals surface area (Å²) < 4.78 is 19.7. The van der Waals surface area contributed by atoms with Crippen LogP contribution in [0.1, 0.15) is 6.92 Å². The van der Waals surface area contributed by atoms with Crippen LogP contribution in [-0.2, 0) is 0 Å². The summed E-state index contributed by atoms with van der Waals surface area (Å²) >= 11 is 0. The lowest BCUT2D eigenvalue weighted by Crippen LogP contribution is -2.47. The molecular weight excluding hydrogens is 371 g/mol. The summed E-state index contributed by atoms with van der Waals surface area (Å²) in [6.45, 7) is 5.38. The van der Waals surface area contributed by atoms with Gasteiger partial charge in [0.15, 0.2) is 5.82 Å².